The van der Waals surface area contributed by atoms with E-state index in [2.05, 4.69) is 31.9 Å². The Bertz CT molecular complexity index is 767. The Kier molecular flexibility index (Phi) is 5.42. The molecule has 1 saturated heterocycles. The summed E-state index contributed by atoms with van der Waals surface area (Å²) < 4.78 is 5.52. The minimum atomic E-state index is -0.882. The third kappa shape index (κ3) is 3.15. The summed E-state index contributed by atoms with van der Waals surface area (Å²) in [6, 6.07) is 7.89. The van der Waals surface area contributed by atoms with Crippen LogP contribution in [0.4, 0.5) is 0 Å². The van der Waals surface area contributed by atoms with Crippen LogP contribution >= 0.6 is 31.9 Å². The van der Waals surface area contributed by atoms with E-state index >= 15 is 0 Å². The van der Waals surface area contributed by atoms with E-state index in [4.69, 9.17) is 4.74 Å². The van der Waals surface area contributed by atoms with Crippen LogP contribution in [0.25, 0.3) is 0 Å². The Morgan fingerprint density at radius 3 is 2.11 bits per heavy atom. The minimum Gasteiger partial charge on any atom is -0.425 e. The number of nitrogens with zero attached hydrogens (tertiary/aromatic N) is 1. The molecule has 0 N–H and O–H groups in total. The number of hydrogen-bond acceptors (Lipinski definition) is 4. The Labute approximate surface area is 181 Å². The molecule has 3 fully saturated rings. The van der Waals surface area contributed by atoms with Gasteiger partial charge in [0.15, 0.2) is 0 Å². The van der Waals surface area contributed by atoms with E-state index in [9.17, 15) is 14.4 Å². The Balaban J connectivity index is 1.61. The van der Waals surface area contributed by atoms with Gasteiger partial charge in [-0.1, -0.05) is 63.9 Å². The lowest BCUT2D eigenvalue weighted by molar-refractivity contribution is -0.154. The third-order valence-electron chi connectivity index (χ3n) is 6.26. The Morgan fingerprint density at radius 1 is 1.07 bits per heavy atom. The highest BCUT2D eigenvalue weighted by Gasteiger charge is 2.67. The number of benzene rings is 1. The molecule has 1 aliphatic heterocycles. The lowest BCUT2D eigenvalue weighted by Gasteiger charge is -2.28. The van der Waals surface area contributed by atoms with E-state index in [0.29, 0.717) is 12.2 Å². The van der Waals surface area contributed by atoms with Crippen molar-refractivity contribution in [1.29, 1.82) is 0 Å². The maximum absolute atomic E-state index is 13.3. The van der Waals surface area contributed by atoms with Crippen molar-refractivity contribution in [2.75, 3.05) is 0 Å². The molecule has 0 unspecified atom stereocenters. The molecule has 7 heteroatoms. The molecule has 3 aliphatic rings. The summed E-state index contributed by atoms with van der Waals surface area (Å²) >= 11 is 7.39. The molecule has 2 saturated carbocycles. The molecule has 7 atom stereocenters. The first-order valence-corrected chi connectivity index (χ1v) is 11.6. The second-order valence-corrected chi connectivity index (χ2v) is 10.5. The molecule has 1 heterocycles. The van der Waals surface area contributed by atoms with Crippen molar-refractivity contribution in [3.8, 4) is 5.75 Å². The number of esters is 1. The molecule has 1 aromatic carbocycles. The van der Waals surface area contributed by atoms with E-state index in [1.807, 2.05) is 19.9 Å². The van der Waals surface area contributed by atoms with Crippen molar-refractivity contribution >= 4 is 49.6 Å². The third-order valence-corrected chi connectivity index (χ3v) is 9.47. The molecule has 2 aliphatic carbocycles. The smallest absolute Gasteiger partial charge is 0.334 e. The van der Waals surface area contributed by atoms with Crippen molar-refractivity contribution in [2.24, 2.45) is 29.6 Å². The number of fused-ring (bicyclic) bond motifs is 5. The zero-order valence-electron chi connectivity index (χ0n) is 15.8. The van der Waals surface area contributed by atoms with Crippen LogP contribution in [-0.2, 0) is 14.4 Å². The van der Waals surface area contributed by atoms with E-state index in [0.717, 1.165) is 6.42 Å². The largest absolute Gasteiger partial charge is 0.425 e. The van der Waals surface area contributed by atoms with Gasteiger partial charge < -0.3 is 4.74 Å². The molecule has 0 spiro atoms. The maximum Gasteiger partial charge on any atom is 0.334 e. The summed E-state index contributed by atoms with van der Waals surface area (Å²) in [6.07, 6.45) is 1.27. The highest BCUT2D eigenvalue weighted by atomic mass is 79.9. The molecule has 28 heavy (non-hydrogen) atoms. The molecule has 1 aromatic rings. The molecule has 150 valence electrons. The van der Waals surface area contributed by atoms with Gasteiger partial charge >= 0.3 is 5.97 Å². The van der Waals surface area contributed by atoms with Gasteiger partial charge in [-0.2, -0.15) is 0 Å². The summed E-state index contributed by atoms with van der Waals surface area (Å²) in [6.45, 7) is 3.95. The second-order valence-electron chi connectivity index (χ2n) is 8.43. The lowest BCUT2D eigenvalue weighted by atomic mass is 9.81. The van der Waals surface area contributed by atoms with Crippen LogP contribution in [0.1, 0.15) is 26.7 Å². The average molecular weight is 513 g/mol. The number of halogens is 2. The van der Waals surface area contributed by atoms with Gasteiger partial charge in [0.1, 0.15) is 11.8 Å². The predicted molar refractivity (Wildman–Crippen MR) is 111 cm³/mol. The standard InChI is InChI=1S/C21H23Br2NO4/c1-10(2)8-14(21(27)28-11-6-4-3-5-7-11)24-19(25)15-12-9-13(16(15)20(24)26)18(23)17(12)22/h3-7,10,12-18H,8-9H2,1-2H3/t12-,13-,14-,15-,16-,17-,18+/m0/s1. The first-order chi connectivity index (χ1) is 13.3. The molecular weight excluding hydrogens is 490 g/mol. The number of likely N-dealkylation sites (tertiary alicyclic amines) is 1. The van der Waals surface area contributed by atoms with Crippen LogP contribution in [0, 0.1) is 29.6 Å². The fourth-order valence-corrected chi connectivity index (χ4v) is 6.98. The van der Waals surface area contributed by atoms with E-state index in [-0.39, 0.29) is 51.1 Å². The number of rotatable bonds is 5. The van der Waals surface area contributed by atoms with Crippen molar-refractivity contribution in [3.05, 3.63) is 30.3 Å². The van der Waals surface area contributed by atoms with Crippen molar-refractivity contribution in [1.82, 2.24) is 4.90 Å². The zero-order chi connectivity index (χ0) is 20.2. The molecule has 0 radical (unpaired) electrons. The number of carbonyl (C=O) groups excluding carboxylic acids is 3. The van der Waals surface area contributed by atoms with Gasteiger partial charge in [-0.25, -0.2) is 4.79 Å². The van der Waals surface area contributed by atoms with Crippen molar-refractivity contribution < 1.29 is 19.1 Å². The first kappa shape index (κ1) is 20.1. The van der Waals surface area contributed by atoms with Crippen molar-refractivity contribution in [2.45, 2.75) is 42.4 Å². The van der Waals surface area contributed by atoms with E-state index in [1.165, 1.54) is 4.90 Å². The lowest BCUT2D eigenvalue weighted by Crippen LogP contribution is -2.48. The number of imide groups is 1. The predicted octanol–water partition coefficient (Wildman–Crippen LogP) is 3.78. The molecule has 2 amide bonds. The summed E-state index contributed by atoms with van der Waals surface area (Å²) in [4.78, 5) is 41.1. The SMILES string of the molecule is CC(C)C[C@@H](C(=O)Oc1ccccc1)N1C(=O)[C@H]2[C@@H]3C[C@H]([C@@H](Br)[C@H]3Br)[C@@H]2C1=O. The molecule has 2 bridgehead atoms. The Hall–Kier alpha value is -1.21. The topological polar surface area (TPSA) is 63.7 Å². The van der Waals surface area contributed by atoms with Gasteiger partial charge in [0, 0.05) is 9.65 Å². The number of para-hydroxylation sites is 1. The highest BCUT2D eigenvalue weighted by molar-refractivity contribution is 9.12. The van der Waals surface area contributed by atoms with Crippen molar-refractivity contribution in [3.63, 3.8) is 0 Å². The van der Waals surface area contributed by atoms with Crippen LogP contribution < -0.4 is 4.74 Å². The van der Waals surface area contributed by atoms with Gasteiger partial charge in [-0.05, 0) is 42.7 Å². The van der Waals surface area contributed by atoms with Gasteiger partial charge in [-0.15, -0.1) is 0 Å². The van der Waals surface area contributed by atoms with E-state index < -0.39 is 12.0 Å². The number of alkyl halides is 2. The maximum atomic E-state index is 13.3. The zero-order valence-corrected chi connectivity index (χ0v) is 18.9. The number of hydrogen-bond donors (Lipinski definition) is 0. The quantitative estimate of drug-likeness (QED) is 0.260. The van der Waals surface area contributed by atoms with E-state index in [1.54, 1.807) is 24.3 Å². The summed E-state index contributed by atoms with van der Waals surface area (Å²) in [5, 5.41) is 0. The highest BCUT2D eigenvalue weighted by Crippen LogP contribution is 2.60. The molecular formula is C21H23Br2NO4. The van der Waals surface area contributed by atoms with Crippen LogP contribution in [0.2, 0.25) is 0 Å². The molecule has 5 nitrogen and oxygen atoms in total. The van der Waals surface area contributed by atoms with Gasteiger partial charge in [0.2, 0.25) is 11.8 Å². The summed E-state index contributed by atoms with van der Waals surface area (Å²) in [5.74, 6) is -0.787. The number of carbonyl (C=O) groups is 3. The second kappa shape index (κ2) is 7.56. The first-order valence-electron chi connectivity index (χ1n) is 9.73. The Morgan fingerprint density at radius 2 is 1.61 bits per heavy atom. The summed E-state index contributed by atoms with van der Waals surface area (Å²) in [7, 11) is 0. The fourth-order valence-electron chi connectivity index (χ4n) is 5.11. The van der Waals surface area contributed by atoms with Crippen LogP contribution in [0.5, 0.6) is 5.75 Å². The monoisotopic (exact) mass is 511 g/mol. The van der Waals surface area contributed by atoms with Gasteiger partial charge in [0.05, 0.1) is 11.8 Å². The van der Waals surface area contributed by atoms with Crippen LogP contribution in [-0.4, -0.2) is 38.4 Å². The fraction of sp³-hybridized carbons (Fsp3) is 0.571. The van der Waals surface area contributed by atoms with Crippen LogP contribution in [0.3, 0.4) is 0 Å². The van der Waals surface area contributed by atoms with Crippen LogP contribution in [0.15, 0.2) is 30.3 Å². The normalized spacial score (nSPS) is 34.8. The van der Waals surface area contributed by atoms with Gasteiger partial charge in [-0.3, -0.25) is 14.5 Å². The molecule has 4 rings (SSSR count). The number of ether oxygens (including phenoxy) is 1. The summed E-state index contributed by atoms with van der Waals surface area (Å²) in [5.41, 5.74) is 0. The minimum absolute atomic E-state index is 0.130. The number of amides is 2. The average Bonchev–Trinajstić information content (AvgIpc) is 3.26. The molecule has 0 aromatic heterocycles. The van der Waals surface area contributed by atoms with Gasteiger partial charge in [0.25, 0.3) is 0 Å².